The first-order chi connectivity index (χ1) is 8.57. The lowest BCUT2D eigenvalue weighted by Gasteiger charge is -2.35. The molecule has 2 N–H and O–H groups in total. The van der Waals surface area contributed by atoms with Gasteiger partial charge in [-0.1, -0.05) is 15.9 Å². The third-order valence-electron chi connectivity index (χ3n) is 3.05. The van der Waals surface area contributed by atoms with E-state index < -0.39 is 0 Å². The SMILES string of the molecule is CCOCC1(C)CN=C(N)N1c1ccc(Br)cc1. The summed E-state index contributed by atoms with van der Waals surface area (Å²) in [4.78, 5) is 6.40. The first-order valence-electron chi connectivity index (χ1n) is 6.00. The van der Waals surface area contributed by atoms with Crippen molar-refractivity contribution in [1.82, 2.24) is 0 Å². The van der Waals surface area contributed by atoms with Crippen molar-refractivity contribution in [2.24, 2.45) is 10.7 Å². The molecule has 5 heteroatoms. The number of halogens is 1. The first-order valence-corrected chi connectivity index (χ1v) is 6.79. The Labute approximate surface area is 116 Å². The van der Waals surface area contributed by atoms with Gasteiger partial charge in [0.25, 0.3) is 0 Å². The average molecular weight is 312 g/mol. The normalized spacial score (nSPS) is 23.3. The lowest BCUT2D eigenvalue weighted by Crippen LogP contribution is -2.53. The van der Waals surface area contributed by atoms with Crippen LogP contribution in [0.1, 0.15) is 13.8 Å². The van der Waals surface area contributed by atoms with Crippen LogP contribution in [0.5, 0.6) is 0 Å². The van der Waals surface area contributed by atoms with E-state index in [4.69, 9.17) is 10.5 Å². The Balaban J connectivity index is 2.27. The number of ether oxygens (including phenoxy) is 1. The minimum Gasteiger partial charge on any atom is -0.379 e. The molecule has 18 heavy (non-hydrogen) atoms. The number of nitrogens with two attached hydrogens (primary N) is 1. The van der Waals surface area contributed by atoms with E-state index in [-0.39, 0.29) is 5.54 Å². The summed E-state index contributed by atoms with van der Waals surface area (Å²) in [5.74, 6) is 0.555. The molecule has 0 saturated carbocycles. The van der Waals surface area contributed by atoms with Crippen LogP contribution in [-0.2, 0) is 4.74 Å². The van der Waals surface area contributed by atoms with Gasteiger partial charge in [0.1, 0.15) is 0 Å². The molecule has 1 aromatic carbocycles. The second-order valence-electron chi connectivity index (χ2n) is 4.62. The largest absolute Gasteiger partial charge is 0.379 e. The second kappa shape index (κ2) is 5.28. The average Bonchev–Trinajstić information content (AvgIpc) is 2.65. The summed E-state index contributed by atoms with van der Waals surface area (Å²) < 4.78 is 6.61. The van der Waals surface area contributed by atoms with E-state index in [2.05, 4.69) is 32.7 Å². The lowest BCUT2D eigenvalue weighted by molar-refractivity contribution is 0.108. The van der Waals surface area contributed by atoms with E-state index in [1.807, 2.05) is 31.2 Å². The van der Waals surface area contributed by atoms with Crippen LogP contribution in [0.2, 0.25) is 0 Å². The summed E-state index contributed by atoms with van der Waals surface area (Å²) in [5, 5.41) is 0. The van der Waals surface area contributed by atoms with Crippen LogP contribution < -0.4 is 10.6 Å². The van der Waals surface area contributed by atoms with E-state index in [0.717, 1.165) is 10.2 Å². The molecular weight excluding hydrogens is 294 g/mol. The van der Waals surface area contributed by atoms with Crippen LogP contribution in [0.4, 0.5) is 5.69 Å². The first kappa shape index (κ1) is 13.4. The Kier molecular flexibility index (Phi) is 3.92. The predicted molar refractivity (Wildman–Crippen MR) is 78.0 cm³/mol. The maximum absolute atomic E-state index is 6.01. The Morgan fingerprint density at radius 1 is 1.44 bits per heavy atom. The molecule has 0 fully saturated rings. The summed E-state index contributed by atoms with van der Waals surface area (Å²) in [6.45, 7) is 6.09. The Morgan fingerprint density at radius 2 is 2.11 bits per heavy atom. The number of benzene rings is 1. The number of hydrogen-bond donors (Lipinski definition) is 1. The fourth-order valence-electron chi connectivity index (χ4n) is 2.14. The third-order valence-corrected chi connectivity index (χ3v) is 3.58. The number of hydrogen-bond acceptors (Lipinski definition) is 4. The van der Waals surface area contributed by atoms with E-state index in [1.54, 1.807) is 0 Å². The van der Waals surface area contributed by atoms with Gasteiger partial charge < -0.3 is 15.4 Å². The highest BCUT2D eigenvalue weighted by Gasteiger charge is 2.39. The minimum atomic E-state index is -0.200. The fraction of sp³-hybridized carbons (Fsp3) is 0.462. The number of aliphatic imine (C=N–C) groups is 1. The van der Waals surface area contributed by atoms with Gasteiger partial charge in [0.05, 0.1) is 18.7 Å². The topological polar surface area (TPSA) is 50.9 Å². The van der Waals surface area contributed by atoms with E-state index in [9.17, 15) is 0 Å². The van der Waals surface area contributed by atoms with Gasteiger partial charge in [-0.2, -0.15) is 0 Å². The fourth-order valence-corrected chi connectivity index (χ4v) is 2.40. The zero-order valence-corrected chi connectivity index (χ0v) is 12.3. The lowest BCUT2D eigenvalue weighted by atomic mass is 10.0. The molecule has 98 valence electrons. The van der Waals surface area contributed by atoms with Crippen LogP contribution in [-0.4, -0.2) is 31.3 Å². The molecule has 4 nitrogen and oxygen atoms in total. The second-order valence-corrected chi connectivity index (χ2v) is 5.54. The van der Waals surface area contributed by atoms with Gasteiger partial charge in [-0.15, -0.1) is 0 Å². The molecule has 1 aliphatic heterocycles. The van der Waals surface area contributed by atoms with Gasteiger partial charge in [-0.05, 0) is 38.1 Å². The molecule has 0 amide bonds. The minimum absolute atomic E-state index is 0.200. The quantitative estimate of drug-likeness (QED) is 0.929. The summed E-state index contributed by atoms with van der Waals surface area (Å²) in [6.07, 6.45) is 0. The van der Waals surface area contributed by atoms with Crippen molar-refractivity contribution in [2.75, 3.05) is 24.7 Å². The van der Waals surface area contributed by atoms with Gasteiger partial charge in [0.15, 0.2) is 5.96 Å². The third kappa shape index (κ3) is 2.52. The van der Waals surface area contributed by atoms with Crippen molar-refractivity contribution >= 4 is 27.6 Å². The van der Waals surface area contributed by atoms with Crippen LogP contribution in [0.3, 0.4) is 0 Å². The molecule has 1 aromatic rings. The molecule has 2 rings (SSSR count). The number of anilines is 1. The Morgan fingerprint density at radius 3 is 2.72 bits per heavy atom. The molecule has 0 saturated heterocycles. The molecule has 0 spiro atoms. The summed E-state index contributed by atoms with van der Waals surface area (Å²) in [6, 6.07) is 8.06. The molecule has 1 atom stereocenters. The van der Waals surface area contributed by atoms with E-state index >= 15 is 0 Å². The van der Waals surface area contributed by atoms with Gasteiger partial charge in [0, 0.05) is 16.8 Å². The maximum atomic E-state index is 6.01. The summed E-state index contributed by atoms with van der Waals surface area (Å²) >= 11 is 3.43. The maximum Gasteiger partial charge on any atom is 0.196 e. The smallest absolute Gasteiger partial charge is 0.196 e. The standard InChI is InChI=1S/C13H18BrN3O/c1-3-18-9-13(2)8-16-12(15)17(13)11-6-4-10(14)5-7-11/h4-7H,3,8-9H2,1-2H3,(H2,15,16). The van der Waals surface area contributed by atoms with Crippen molar-refractivity contribution in [3.8, 4) is 0 Å². The van der Waals surface area contributed by atoms with Gasteiger partial charge >= 0.3 is 0 Å². The van der Waals surface area contributed by atoms with Crippen molar-refractivity contribution in [3.05, 3.63) is 28.7 Å². The molecule has 0 radical (unpaired) electrons. The number of rotatable bonds is 4. The highest BCUT2D eigenvalue weighted by molar-refractivity contribution is 9.10. The van der Waals surface area contributed by atoms with Crippen molar-refractivity contribution < 1.29 is 4.74 Å². The highest BCUT2D eigenvalue weighted by atomic mass is 79.9. The van der Waals surface area contributed by atoms with Gasteiger partial charge in [-0.25, -0.2) is 0 Å². The number of guanidine groups is 1. The summed E-state index contributed by atoms with van der Waals surface area (Å²) in [7, 11) is 0. The Bertz CT molecular complexity index is 446. The number of nitrogens with zero attached hydrogens (tertiary/aromatic N) is 2. The van der Waals surface area contributed by atoms with Gasteiger partial charge in [-0.3, -0.25) is 4.99 Å². The molecule has 0 bridgehead atoms. The molecular formula is C13H18BrN3O. The molecule has 1 unspecified atom stereocenters. The van der Waals surface area contributed by atoms with Crippen LogP contribution in [0.25, 0.3) is 0 Å². The molecule has 1 heterocycles. The van der Waals surface area contributed by atoms with Crippen LogP contribution in [0, 0.1) is 0 Å². The van der Waals surface area contributed by atoms with Crippen molar-refractivity contribution in [3.63, 3.8) is 0 Å². The predicted octanol–water partition coefficient (Wildman–Crippen LogP) is 2.38. The van der Waals surface area contributed by atoms with Crippen molar-refractivity contribution in [2.45, 2.75) is 19.4 Å². The molecule has 1 aliphatic rings. The highest BCUT2D eigenvalue weighted by Crippen LogP contribution is 2.29. The van der Waals surface area contributed by atoms with Gasteiger partial charge in [0.2, 0.25) is 0 Å². The summed E-state index contributed by atoms with van der Waals surface area (Å²) in [5.41, 5.74) is 6.85. The van der Waals surface area contributed by atoms with E-state index in [1.165, 1.54) is 0 Å². The zero-order chi connectivity index (χ0) is 13.2. The van der Waals surface area contributed by atoms with Crippen molar-refractivity contribution in [1.29, 1.82) is 0 Å². The molecule has 0 aromatic heterocycles. The van der Waals surface area contributed by atoms with Crippen LogP contribution >= 0.6 is 15.9 Å². The van der Waals surface area contributed by atoms with Crippen LogP contribution in [0.15, 0.2) is 33.7 Å². The zero-order valence-electron chi connectivity index (χ0n) is 10.7. The molecule has 0 aliphatic carbocycles. The Hall–Kier alpha value is -1.07. The monoisotopic (exact) mass is 311 g/mol. The van der Waals surface area contributed by atoms with E-state index in [0.29, 0.717) is 25.7 Å².